The van der Waals surface area contributed by atoms with Gasteiger partial charge in [-0.2, -0.15) is 0 Å². The first kappa shape index (κ1) is 17.8. The van der Waals surface area contributed by atoms with Crippen molar-refractivity contribution in [3.8, 4) is 0 Å². The van der Waals surface area contributed by atoms with Crippen LogP contribution in [0.3, 0.4) is 0 Å². The third-order valence-corrected chi connectivity index (χ3v) is 4.92. The molecule has 25 heavy (non-hydrogen) atoms. The molecule has 4 N–H and O–H groups in total. The van der Waals surface area contributed by atoms with E-state index in [-0.39, 0.29) is 12.5 Å². The summed E-state index contributed by atoms with van der Waals surface area (Å²) < 4.78 is 5.75. The van der Waals surface area contributed by atoms with Gasteiger partial charge < -0.3 is 21.1 Å². The van der Waals surface area contributed by atoms with Crippen molar-refractivity contribution < 1.29 is 9.53 Å². The average molecular weight is 346 g/mol. The summed E-state index contributed by atoms with van der Waals surface area (Å²) >= 11 is 0. The second-order valence-electron chi connectivity index (χ2n) is 7.58. The quantitative estimate of drug-likeness (QED) is 0.303. The SMILES string of the molecule is C=C(NC(OCC(=O)NCC1CC1)=C(C)C(N)=NCC1CC1)C1CC1. The van der Waals surface area contributed by atoms with Crippen molar-refractivity contribution in [1.82, 2.24) is 10.6 Å². The van der Waals surface area contributed by atoms with Gasteiger partial charge in [-0.05, 0) is 63.2 Å². The Morgan fingerprint density at radius 2 is 1.88 bits per heavy atom. The lowest BCUT2D eigenvalue weighted by Crippen LogP contribution is -2.31. The smallest absolute Gasteiger partial charge is 0.258 e. The highest BCUT2D eigenvalue weighted by Crippen LogP contribution is 2.34. The van der Waals surface area contributed by atoms with Crippen LogP contribution >= 0.6 is 0 Å². The van der Waals surface area contributed by atoms with Crippen LogP contribution in [0.2, 0.25) is 0 Å². The van der Waals surface area contributed by atoms with Crippen LogP contribution in [-0.4, -0.2) is 31.4 Å². The number of carbonyl (C=O) groups is 1. The van der Waals surface area contributed by atoms with Crippen molar-refractivity contribution >= 4 is 11.7 Å². The minimum atomic E-state index is -0.107. The van der Waals surface area contributed by atoms with Gasteiger partial charge in [-0.25, -0.2) is 0 Å². The Hall–Kier alpha value is -1.98. The summed E-state index contributed by atoms with van der Waals surface area (Å²) in [6.07, 6.45) is 7.18. The Bertz CT molecular complexity index is 584. The number of hydrogen-bond acceptors (Lipinski definition) is 4. The Kier molecular flexibility index (Phi) is 5.66. The van der Waals surface area contributed by atoms with E-state index < -0.39 is 0 Å². The maximum absolute atomic E-state index is 12.0. The molecule has 0 atom stereocenters. The summed E-state index contributed by atoms with van der Waals surface area (Å²) in [7, 11) is 0. The summed E-state index contributed by atoms with van der Waals surface area (Å²) in [6.45, 7) is 7.42. The summed E-state index contributed by atoms with van der Waals surface area (Å²) in [5, 5.41) is 6.12. The Morgan fingerprint density at radius 1 is 1.20 bits per heavy atom. The zero-order valence-electron chi connectivity index (χ0n) is 15.1. The maximum atomic E-state index is 12.0. The van der Waals surface area contributed by atoms with Crippen LogP contribution in [0.4, 0.5) is 0 Å². The molecule has 138 valence electrons. The van der Waals surface area contributed by atoms with Gasteiger partial charge in [-0.15, -0.1) is 0 Å². The highest BCUT2D eigenvalue weighted by molar-refractivity contribution is 5.96. The molecule has 3 aliphatic carbocycles. The molecule has 3 fully saturated rings. The van der Waals surface area contributed by atoms with Gasteiger partial charge in [-0.1, -0.05) is 6.58 Å². The zero-order valence-corrected chi connectivity index (χ0v) is 15.1. The van der Waals surface area contributed by atoms with Gasteiger partial charge in [-0.3, -0.25) is 9.79 Å². The van der Waals surface area contributed by atoms with Crippen LogP contribution in [-0.2, 0) is 9.53 Å². The molecule has 0 bridgehead atoms. The van der Waals surface area contributed by atoms with E-state index in [9.17, 15) is 4.79 Å². The largest absolute Gasteiger partial charge is 0.469 e. The van der Waals surface area contributed by atoms with Gasteiger partial charge in [0.2, 0.25) is 0 Å². The predicted octanol–water partition coefficient (Wildman–Crippen LogP) is 2.04. The predicted molar refractivity (Wildman–Crippen MR) is 98.6 cm³/mol. The highest BCUT2D eigenvalue weighted by Gasteiger charge is 2.26. The highest BCUT2D eigenvalue weighted by atomic mass is 16.5. The second kappa shape index (κ2) is 7.93. The maximum Gasteiger partial charge on any atom is 0.258 e. The van der Waals surface area contributed by atoms with Crippen LogP contribution in [0.25, 0.3) is 0 Å². The molecular formula is C19H30N4O2. The number of amides is 1. The van der Waals surface area contributed by atoms with E-state index in [4.69, 9.17) is 10.5 Å². The Balaban J connectivity index is 1.57. The van der Waals surface area contributed by atoms with Gasteiger partial charge in [0.1, 0.15) is 5.84 Å². The van der Waals surface area contributed by atoms with E-state index in [1.54, 1.807) is 0 Å². The summed E-state index contributed by atoms with van der Waals surface area (Å²) in [6, 6.07) is 0. The summed E-state index contributed by atoms with van der Waals surface area (Å²) in [5.41, 5.74) is 7.77. The number of nitrogens with one attached hydrogen (secondary N) is 2. The second-order valence-corrected chi connectivity index (χ2v) is 7.58. The molecular weight excluding hydrogens is 316 g/mol. The number of allylic oxidation sites excluding steroid dienone is 1. The molecule has 6 nitrogen and oxygen atoms in total. The normalized spacial score (nSPS) is 21.4. The molecule has 6 heteroatoms. The molecule has 1 amide bonds. The lowest BCUT2D eigenvalue weighted by Gasteiger charge is -2.17. The molecule has 0 spiro atoms. The molecule has 0 saturated heterocycles. The third kappa shape index (κ3) is 6.11. The van der Waals surface area contributed by atoms with E-state index >= 15 is 0 Å². The molecule has 0 aromatic rings. The van der Waals surface area contributed by atoms with Crippen LogP contribution in [0.5, 0.6) is 0 Å². The fourth-order valence-corrected chi connectivity index (χ4v) is 2.45. The minimum Gasteiger partial charge on any atom is -0.469 e. The first-order chi connectivity index (χ1) is 12.0. The lowest BCUT2D eigenvalue weighted by atomic mass is 10.2. The number of amidine groups is 1. The molecule has 0 heterocycles. The van der Waals surface area contributed by atoms with Crippen LogP contribution in [0, 0.1) is 17.8 Å². The van der Waals surface area contributed by atoms with Crippen LogP contribution in [0.1, 0.15) is 45.4 Å². The number of carbonyl (C=O) groups excluding carboxylic acids is 1. The molecule has 3 aliphatic rings. The number of rotatable bonds is 11. The lowest BCUT2D eigenvalue weighted by molar-refractivity contribution is -0.124. The molecule has 0 aliphatic heterocycles. The fourth-order valence-electron chi connectivity index (χ4n) is 2.45. The molecule has 0 radical (unpaired) electrons. The summed E-state index contributed by atoms with van der Waals surface area (Å²) in [5.74, 6) is 2.67. The van der Waals surface area contributed by atoms with Crippen molar-refractivity contribution in [2.45, 2.75) is 45.4 Å². The topological polar surface area (TPSA) is 88.7 Å². The van der Waals surface area contributed by atoms with Crippen LogP contribution < -0.4 is 16.4 Å². The van der Waals surface area contributed by atoms with E-state index in [1.807, 2.05) is 6.92 Å². The first-order valence-electron chi connectivity index (χ1n) is 9.39. The Labute approximate surface area is 150 Å². The van der Waals surface area contributed by atoms with Crippen molar-refractivity contribution in [1.29, 1.82) is 0 Å². The van der Waals surface area contributed by atoms with E-state index in [1.165, 1.54) is 25.7 Å². The number of nitrogens with zero attached hydrogens (tertiary/aromatic N) is 1. The standard InChI is InChI=1S/C19H30N4O2/c1-12(18(20)22-10-15-5-6-15)19(23-13(2)16-7-8-16)25-11-17(24)21-9-14-3-4-14/h14-16,23H,2-11H2,1H3,(H2,20,22)(H,21,24). The van der Waals surface area contributed by atoms with E-state index in [0.717, 1.165) is 37.2 Å². The van der Waals surface area contributed by atoms with Gasteiger partial charge in [0.15, 0.2) is 12.5 Å². The van der Waals surface area contributed by atoms with Gasteiger partial charge in [0, 0.05) is 18.8 Å². The molecule has 0 unspecified atom stereocenters. The van der Waals surface area contributed by atoms with Crippen molar-refractivity contribution in [3.63, 3.8) is 0 Å². The third-order valence-electron chi connectivity index (χ3n) is 4.92. The Morgan fingerprint density at radius 3 is 2.48 bits per heavy atom. The number of ether oxygens (including phenoxy) is 1. The van der Waals surface area contributed by atoms with Crippen LogP contribution in [0.15, 0.2) is 28.7 Å². The zero-order chi connectivity index (χ0) is 17.8. The van der Waals surface area contributed by atoms with Crippen molar-refractivity contribution in [2.75, 3.05) is 19.7 Å². The first-order valence-corrected chi connectivity index (χ1v) is 9.39. The minimum absolute atomic E-state index is 0.0275. The summed E-state index contributed by atoms with van der Waals surface area (Å²) in [4.78, 5) is 16.4. The number of aliphatic imine (C=N–C) groups is 1. The fraction of sp³-hybridized carbons (Fsp3) is 0.684. The molecule has 3 rings (SSSR count). The van der Waals surface area contributed by atoms with Gasteiger partial charge in [0.05, 0.1) is 5.57 Å². The monoisotopic (exact) mass is 346 g/mol. The number of hydrogen-bond donors (Lipinski definition) is 3. The average Bonchev–Trinajstić information content (AvgIpc) is 3.47. The van der Waals surface area contributed by atoms with Gasteiger partial charge in [0.25, 0.3) is 5.91 Å². The van der Waals surface area contributed by atoms with Crippen molar-refractivity contribution in [3.05, 3.63) is 23.7 Å². The molecule has 0 aromatic carbocycles. The van der Waals surface area contributed by atoms with E-state index in [2.05, 4.69) is 22.2 Å². The van der Waals surface area contributed by atoms with Gasteiger partial charge >= 0.3 is 0 Å². The van der Waals surface area contributed by atoms with Crippen molar-refractivity contribution in [2.24, 2.45) is 28.5 Å². The number of nitrogens with two attached hydrogens (primary N) is 1. The van der Waals surface area contributed by atoms with E-state index in [0.29, 0.717) is 29.5 Å². The molecule has 0 aromatic heterocycles. The molecule has 3 saturated carbocycles.